The van der Waals surface area contributed by atoms with E-state index in [1.54, 1.807) is 6.92 Å². The Morgan fingerprint density at radius 2 is 1.71 bits per heavy atom. The number of aliphatic hydroxyl groups excluding tert-OH is 1. The number of benzene rings is 1. The number of hydrogen-bond donors (Lipinski definition) is 2. The Balaban J connectivity index is 2.87. The van der Waals surface area contributed by atoms with Crippen molar-refractivity contribution in [2.24, 2.45) is 0 Å². The Morgan fingerprint density at radius 3 is 2.14 bits per heavy atom. The van der Waals surface area contributed by atoms with Gasteiger partial charge < -0.3 is 10.4 Å². The molecule has 0 fully saturated rings. The van der Waals surface area contributed by atoms with Crippen molar-refractivity contribution in [2.75, 3.05) is 12.4 Å². The van der Waals surface area contributed by atoms with E-state index in [0.29, 0.717) is 0 Å². The topological polar surface area (TPSA) is 66.4 Å². The lowest BCUT2D eigenvalue weighted by Gasteiger charge is -2.19. The minimum Gasteiger partial charge on any atom is -0.395 e. The zero-order valence-corrected chi connectivity index (χ0v) is 12.5. The van der Waals surface area contributed by atoms with E-state index in [1.165, 1.54) is 12.1 Å². The SMILES string of the molecule is CC(N[C@H](C)CO)c1ccc(S(=O)(=O)CC(F)(F)F)cc1. The van der Waals surface area contributed by atoms with Crippen LogP contribution in [0.5, 0.6) is 0 Å². The average Bonchev–Trinajstić information content (AvgIpc) is 2.36. The maximum atomic E-state index is 12.2. The highest BCUT2D eigenvalue weighted by atomic mass is 32.2. The summed E-state index contributed by atoms with van der Waals surface area (Å²) in [5.41, 5.74) is 0.723. The minimum atomic E-state index is -4.76. The molecule has 0 heterocycles. The molecule has 0 saturated heterocycles. The molecule has 1 rings (SSSR count). The molecule has 2 atom stereocenters. The van der Waals surface area contributed by atoms with Crippen LogP contribution in [0, 0.1) is 0 Å². The normalized spacial score (nSPS) is 15.7. The first-order valence-electron chi connectivity index (χ1n) is 6.31. The third kappa shape index (κ3) is 5.64. The van der Waals surface area contributed by atoms with Gasteiger partial charge in [-0.05, 0) is 31.5 Å². The fraction of sp³-hybridized carbons (Fsp3) is 0.538. The third-order valence-electron chi connectivity index (χ3n) is 2.90. The van der Waals surface area contributed by atoms with Crippen LogP contribution >= 0.6 is 0 Å². The van der Waals surface area contributed by atoms with Crippen LogP contribution in [0.4, 0.5) is 13.2 Å². The molecule has 1 aromatic rings. The van der Waals surface area contributed by atoms with Crippen LogP contribution < -0.4 is 5.32 Å². The van der Waals surface area contributed by atoms with Crippen LogP contribution in [0.2, 0.25) is 0 Å². The van der Waals surface area contributed by atoms with Gasteiger partial charge in [0.15, 0.2) is 15.6 Å². The van der Waals surface area contributed by atoms with Crippen LogP contribution in [0.15, 0.2) is 29.2 Å². The fourth-order valence-electron chi connectivity index (χ4n) is 1.84. The van der Waals surface area contributed by atoms with Crippen molar-refractivity contribution in [3.63, 3.8) is 0 Å². The summed E-state index contributed by atoms with van der Waals surface area (Å²) in [6.45, 7) is 3.53. The zero-order valence-electron chi connectivity index (χ0n) is 11.7. The van der Waals surface area contributed by atoms with E-state index < -0.39 is 21.8 Å². The van der Waals surface area contributed by atoms with Gasteiger partial charge in [-0.1, -0.05) is 12.1 Å². The first-order valence-corrected chi connectivity index (χ1v) is 7.97. The van der Waals surface area contributed by atoms with Gasteiger partial charge in [-0.2, -0.15) is 13.2 Å². The molecule has 0 aromatic heterocycles. The zero-order chi connectivity index (χ0) is 16.3. The summed E-state index contributed by atoms with van der Waals surface area (Å²) in [5.74, 6) is -1.87. The predicted molar refractivity (Wildman–Crippen MR) is 72.6 cm³/mol. The quantitative estimate of drug-likeness (QED) is 0.840. The molecule has 2 N–H and O–H groups in total. The van der Waals surface area contributed by atoms with Crippen molar-refractivity contribution in [3.05, 3.63) is 29.8 Å². The summed E-state index contributed by atoms with van der Waals surface area (Å²) in [7, 11) is -4.37. The van der Waals surface area contributed by atoms with Gasteiger partial charge in [0.25, 0.3) is 0 Å². The van der Waals surface area contributed by atoms with Crippen molar-refractivity contribution in [3.8, 4) is 0 Å². The molecule has 0 aliphatic carbocycles. The van der Waals surface area contributed by atoms with Crippen molar-refractivity contribution in [1.82, 2.24) is 5.32 Å². The lowest BCUT2D eigenvalue weighted by Crippen LogP contribution is -2.31. The summed E-state index contributed by atoms with van der Waals surface area (Å²) in [5, 5.41) is 12.0. The van der Waals surface area contributed by atoms with E-state index in [4.69, 9.17) is 5.11 Å². The van der Waals surface area contributed by atoms with Crippen molar-refractivity contribution < 1.29 is 26.7 Å². The Labute approximate surface area is 121 Å². The first kappa shape index (κ1) is 17.9. The Bertz CT molecular complexity index is 555. The molecule has 120 valence electrons. The number of nitrogens with one attached hydrogen (secondary N) is 1. The number of sulfone groups is 1. The minimum absolute atomic E-state index is 0.0532. The molecule has 21 heavy (non-hydrogen) atoms. The predicted octanol–water partition coefficient (Wildman–Crippen LogP) is 2.05. The van der Waals surface area contributed by atoms with E-state index in [0.717, 1.165) is 17.7 Å². The second kappa shape index (κ2) is 6.76. The van der Waals surface area contributed by atoms with Crippen LogP contribution in [-0.2, 0) is 9.84 Å². The van der Waals surface area contributed by atoms with Gasteiger partial charge in [0.2, 0.25) is 0 Å². The largest absolute Gasteiger partial charge is 0.403 e. The molecule has 0 bridgehead atoms. The molecular weight excluding hydrogens is 307 g/mol. The number of halogens is 3. The van der Waals surface area contributed by atoms with Gasteiger partial charge >= 0.3 is 6.18 Å². The van der Waals surface area contributed by atoms with E-state index in [2.05, 4.69) is 5.32 Å². The highest BCUT2D eigenvalue weighted by molar-refractivity contribution is 7.91. The summed E-state index contributed by atoms with van der Waals surface area (Å²) in [4.78, 5) is -0.356. The van der Waals surface area contributed by atoms with Crippen LogP contribution in [0.1, 0.15) is 25.5 Å². The summed E-state index contributed by atoms with van der Waals surface area (Å²) >= 11 is 0. The molecule has 0 radical (unpaired) electrons. The Kier molecular flexibility index (Phi) is 5.77. The maximum absolute atomic E-state index is 12.2. The summed E-state index contributed by atoms with van der Waals surface area (Å²) < 4.78 is 59.8. The fourth-order valence-corrected chi connectivity index (χ4v) is 2.99. The standard InChI is InChI=1S/C13H18F3NO3S/c1-9(7-18)17-10(2)11-3-5-12(6-4-11)21(19,20)8-13(14,15)16/h3-6,9-10,17-18H,7-8H2,1-2H3/t9-,10?/m1/s1. The molecule has 1 aromatic carbocycles. The summed E-state index contributed by atoms with van der Waals surface area (Å²) in [6, 6.07) is 4.95. The molecule has 1 unspecified atom stereocenters. The summed E-state index contributed by atoms with van der Waals surface area (Å²) in [6.07, 6.45) is -4.76. The van der Waals surface area contributed by atoms with Gasteiger partial charge in [-0.25, -0.2) is 8.42 Å². The Morgan fingerprint density at radius 1 is 1.19 bits per heavy atom. The molecule has 0 spiro atoms. The van der Waals surface area contributed by atoms with Crippen molar-refractivity contribution in [2.45, 2.75) is 37.0 Å². The number of hydrogen-bond acceptors (Lipinski definition) is 4. The lowest BCUT2D eigenvalue weighted by molar-refractivity contribution is -0.106. The molecule has 0 saturated carbocycles. The first-order chi connectivity index (χ1) is 9.55. The van der Waals surface area contributed by atoms with Gasteiger partial charge in [-0.15, -0.1) is 0 Å². The molecule has 4 nitrogen and oxygen atoms in total. The van der Waals surface area contributed by atoms with Crippen LogP contribution in [-0.4, -0.2) is 38.1 Å². The molecule has 0 aliphatic rings. The van der Waals surface area contributed by atoms with Crippen LogP contribution in [0.25, 0.3) is 0 Å². The van der Waals surface area contributed by atoms with Gasteiger partial charge in [0, 0.05) is 12.1 Å². The number of aliphatic hydroxyl groups is 1. The van der Waals surface area contributed by atoms with Gasteiger partial charge in [-0.3, -0.25) is 0 Å². The third-order valence-corrected chi connectivity index (χ3v) is 4.60. The maximum Gasteiger partial charge on any atom is 0.403 e. The monoisotopic (exact) mass is 325 g/mol. The lowest BCUT2D eigenvalue weighted by atomic mass is 10.1. The molecule has 8 heteroatoms. The molecule has 0 aliphatic heterocycles. The highest BCUT2D eigenvalue weighted by Gasteiger charge is 2.35. The molecular formula is C13H18F3NO3S. The van der Waals surface area contributed by atoms with Gasteiger partial charge in [0.1, 0.15) is 0 Å². The Hall–Kier alpha value is -1.12. The van der Waals surface area contributed by atoms with Gasteiger partial charge in [0.05, 0.1) is 11.5 Å². The van der Waals surface area contributed by atoms with Crippen LogP contribution in [0.3, 0.4) is 0 Å². The average molecular weight is 325 g/mol. The van der Waals surface area contributed by atoms with Crippen molar-refractivity contribution >= 4 is 9.84 Å². The second-order valence-electron chi connectivity index (χ2n) is 4.92. The number of rotatable bonds is 6. The van der Waals surface area contributed by atoms with E-state index in [-0.39, 0.29) is 23.6 Å². The molecule has 0 amide bonds. The van der Waals surface area contributed by atoms with E-state index in [1.807, 2.05) is 6.92 Å². The van der Waals surface area contributed by atoms with E-state index in [9.17, 15) is 21.6 Å². The highest BCUT2D eigenvalue weighted by Crippen LogP contribution is 2.23. The van der Waals surface area contributed by atoms with E-state index >= 15 is 0 Å². The second-order valence-corrected chi connectivity index (χ2v) is 6.90. The van der Waals surface area contributed by atoms with Crippen molar-refractivity contribution in [1.29, 1.82) is 0 Å². The smallest absolute Gasteiger partial charge is 0.395 e. The number of alkyl halides is 3.